The van der Waals surface area contributed by atoms with Gasteiger partial charge in [0.2, 0.25) is 5.91 Å². The van der Waals surface area contributed by atoms with E-state index in [4.69, 9.17) is 4.74 Å². The number of fused-ring (bicyclic) bond motifs is 1. The topological polar surface area (TPSA) is 114 Å². The van der Waals surface area contributed by atoms with Gasteiger partial charge in [-0.2, -0.15) is 5.10 Å². The lowest BCUT2D eigenvalue weighted by Gasteiger charge is -2.25. The standard InChI is InChI=1S/C27H25F2N7O3/c1-35-22-15(13-32-35)23(36-11-8-27(14-36)7-10-31-26(27)38)19(12-17(22)29)34-25(37)18-6-9-30-24(33-18)21-16(28)4-3-5-20(21)39-2/h3-6,9,12-13H,7-8,10-11,14H2,1-2H3,(H,31,38)(H,34,37). The Morgan fingerprint density at radius 3 is 2.82 bits per heavy atom. The maximum atomic E-state index is 15.3. The number of aryl methyl sites for hydroxylation is 1. The van der Waals surface area contributed by atoms with Crippen LogP contribution in [0.3, 0.4) is 0 Å². The maximum Gasteiger partial charge on any atom is 0.274 e. The van der Waals surface area contributed by atoms with Crippen molar-refractivity contribution in [3.8, 4) is 17.1 Å². The van der Waals surface area contributed by atoms with Gasteiger partial charge >= 0.3 is 0 Å². The van der Waals surface area contributed by atoms with Crippen LogP contribution in [0.25, 0.3) is 22.3 Å². The predicted octanol–water partition coefficient (Wildman–Crippen LogP) is 3.29. The first-order valence-electron chi connectivity index (χ1n) is 12.5. The van der Waals surface area contributed by atoms with Crippen LogP contribution in [0.5, 0.6) is 5.75 Å². The third kappa shape index (κ3) is 4.03. The Morgan fingerprint density at radius 1 is 1.21 bits per heavy atom. The number of methoxy groups -OCH3 is 1. The summed E-state index contributed by atoms with van der Waals surface area (Å²) in [6.07, 6.45) is 4.25. The molecule has 4 heterocycles. The highest BCUT2D eigenvalue weighted by molar-refractivity contribution is 6.09. The summed E-state index contributed by atoms with van der Waals surface area (Å²) in [7, 11) is 3.04. The summed E-state index contributed by atoms with van der Waals surface area (Å²) < 4.78 is 36.6. The maximum absolute atomic E-state index is 15.3. The molecule has 12 heteroatoms. The molecule has 39 heavy (non-hydrogen) atoms. The molecule has 10 nitrogen and oxygen atoms in total. The van der Waals surface area contributed by atoms with E-state index >= 15 is 4.39 Å². The van der Waals surface area contributed by atoms with E-state index < -0.39 is 23.0 Å². The summed E-state index contributed by atoms with van der Waals surface area (Å²) in [5.74, 6) is -1.59. The molecular formula is C27H25F2N7O3. The lowest BCUT2D eigenvalue weighted by molar-refractivity contribution is -0.126. The summed E-state index contributed by atoms with van der Waals surface area (Å²) >= 11 is 0. The van der Waals surface area contributed by atoms with E-state index in [1.807, 2.05) is 4.90 Å². The van der Waals surface area contributed by atoms with Gasteiger partial charge in [0.1, 0.15) is 22.8 Å². The van der Waals surface area contributed by atoms with Gasteiger partial charge in [0.15, 0.2) is 11.6 Å². The molecule has 2 aromatic heterocycles. The molecule has 200 valence electrons. The van der Waals surface area contributed by atoms with Gasteiger partial charge in [-0.15, -0.1) is 0 Å². The largest absolute Gasteiger partial charge is 0.496 e. The van der Waals surface area contributed by atoms with E-state index in [1.54, 1.807) is 19.3 Å². The molecule has 4 aromatic rings. The van der Waals surface area contributed by atoms with Crippen LogP contribution in [0, 0.1) is 17.0 Å². The van der Waals surface area contributed by atoms with Crippen molar-refractivity contribution in [3.05, 3.63) is 60.1 Å². The highest BCUT2D eigenvalue weighted by atomic mass is 19.1. The zero-order valence-electron chi connectivity index (χ0n) is 21.3. The molecule has 0 radical (unpaired) electrons. The lowest BCUT2D eigenvalue weighted by atomic mass is 9.86. The van der Waals surface area contributed by atoms with Gasteiger partial charge in [0.05, 0.1) is 35.7 Å². The molecule has 0 aliphatic carbocycles. The molecule has 2 amide bonds. The van der Waals surface area contributed by atoms with Crippen LogP contribution < -0.4 is 20.3 Å². The van der Waals surface area contributed by atoms with Crippen LogP contribution in [-0.2, 0) is 11.8 Å². The quantitative estimate of drug-likeness (QED) is 0.405. The Bertz CT molecular complexity index is 1640. The Morgan fingerprint density at radius 2 is 2.05 bits per heavy atom. The summed E-state index contributed by atoms with van der Waals surface area (Å²) in [6.45, 7) is 1.60. The Labute approximate surface area is 222 Å². The zero-order chi connectivity index (χ0) is 27.3. The highest BCUT2D eigenvalue weighted by Gasteiger charge is 2.48. The number of hydrogen-bond acceptors (Lipinski definition) is 7. The molecular weight excluding hydrogens is 508 g/mol. The molecule has 0 bridgehead atoms. The van der Waals surface area contributed by atoms with Crippen molar-refractivity contribution in [2.75, 3.05) is 37.0 Å². The van der Waals surface area contributed by atoms with Gasteiger partial charge in [0, 0.05) is 44.3 Å². The number of nitrogens with one attached hydrogen (secondary N) is 2. The van der Waals surface area contributed by atoms with Crippen LogP contribution in [0.15, 0.2) is 42.7 Å². The first-order chi connectivity index (χ1) is 18.8. The summed E-state index contributed by atoms with van der Waals surface area (Å²) in [4.78, 5) is 36.4. The minimum Gasteiger partial charge on any atom is -0.496 e. The van der Waals surface area contributed by atoms with E-state index in [1.165, 1.54) is 42.3 Å². The number of nitrogens with zero attached hydrogens (tertiary/aromatic N) is 5. The zero-order valence-corrected chi connectivity index (χ0v) is 21.3. The number of ether oxygens (including phenoxy) is 1. The fourth-order valence-corrected chi connectivity index (χ4v) is 5.59. The van der Waals surface area contributed by atoms with Gasteiger partial charge in [-0.3, -0.25) is 14.3 Å². The fraction of sp³-hybridized carbons (Fsp3) is 0.296. The monoisotopic (exact) mass is 533 g/mol. The van der Waals surface area contributed by atoms with Crippen molar-refractivity contribution in [2.45, 2.75) is 12.8 Å². The number of anilines is 2. The number of carbonyl (C=O) groups excluding carboxylic acids is 2. The number of hydrogen-bond donors (Lipinski definition) is 2. The third-order valence-electron chi connectivity index (χ3n) is 7.54. The van der Waals surface area contributed by atoms with E-state index in [0.717, 1.165) is 0 Å². The number of amides is 2. The molecule has 2 fully saturated rings. The normalized spacial score (nSPS) is 18.7. The smallest absolute Gasteiger partial charge is 0.274 e. The average molecular weight is 534 g/mol. The minimum atomic E-state index is -0.634. The third-order valence-corrected chi connectivity index (χ3v) is 7.54. The van der Waals surface area contributed by atoms with Crippen LogP contribution in [0.1, 0.15) is 23.3 Å². The van der Waals surface area contributed by atoms with E-state index in [0.29, 0.717) is 43.5 Å². The van der Waals surface area contributed by atoms with Crippen LogP contribution in [0.2, 0.25) is 0 Å². The molecule has 6 rings (SSSR count). The molecule has 2 saturated heterocycles. The second-order valence-corrected chi connectivity index (χ2v) is 9.78. The Kier molecular flexibility index (Phi) is 5.89. The van der Waals surface area contributed by atoms with E-state index in [2.05, 4.69) is 25.7 Å². The van der Waals surface area contributed by atoms with Gasteiger partial charge in [-0.1, -0.05) is 6.07 Å². The first-order valence-corrected chi connectivity index (χ1v) is 12.5. The minimum absolute atomic E-state index is 0.0113. The number of rotatable bonds is 5. The van der Waals surface area contributed by atoms with Crippen molar-refractivity contribution in [1.29, 1.82) is 0 Å². The van der Waals surface area contributed by atoms with E-state index in [-0.39, 0.29) is 39.9 Å². The number of benzene rings is 2. The summed E-state index contributed by atoms with van der Waals surface area (Å²) in [5, 5.41) is 10.4. The number of halogens is 2. The van der Waals surface area contributed by atoms with Crippen LogP contribution >= 0.6 is 0 Å². The fourth-order valence-electron chi connectivity index (χ4n) is 5.59. The highest BCUT2D eigenvalue weighted by Crippen LogP contribution is 2.44. The van der Waals surface area contributed by atoms with Crippen molar-refractivity contribution >= 4 is 34.1 Å². The second kappa shape index (κ2) is 9.29. The van der Waals surface area contributed by atoms with Crippen molar-refractivity contribution in [1.82, 2.24) is 25.1 Å². The van der Waals surface area contributed by atoms with Gasteiger partial charge in [0.25, 0.3) is 5.91 Å². The summed E-state index contributed by atoms with van der Waals surface area (Å²) in [5.41, 5.74) is 0.540. The lowest BCUT2D eigenvalue weighted by Crippen LogP contribution is -2.34. The van der Waals surface area contributed by atoms with E-state index in [9.17, 15) is 14.0 Å². The van der Waals surface area contributed by atoms with Gasteiger partial charge in [-0.25, -0.2) is 18.7 Å². The molecule has 1 atom stereocenters. The van der Waals surface area contributed by atoms with Crippen molar-refractivity contribution in [3.63, 3.8) is 0 Å². The number of aromatic nitrogens is 4. The first kappa shape index (κ1) is 24.7. The Hall–Kier alpha value is -4.61. The second-order valence-electron chi connectivity index (χ2n) is 9.78. The van der Waals surface area contributed by atoms with Crippen molar-refractivity contribution in [2.24, 2.45) is 12.5 Å². The van der Waals surface area contributed by atoms with Gasteiger partial charge in [-0.05, 0) is 31.0 Å². The van der Waals surface area contributed by atoms with Crippen LogP contribution in [0.4, 0.5) is 20.2 Å². The Balaban J connectivity index is 1.39. The van der Waals surface area contributed by atoms with Crippen molar-refractivity contribution < 1.29 is 23.1 Å². The molecule has 1 unspecified atom stereocenters. The molecule has 2 aliphatic heterocycles. The molecule has 2 aliphatic rings. The predicted molar refractivity (Wildman–Crippen MR) is 139 cm³/mol. The molecule has 2 N–H and O–H groups in total. The van der Waals surface area contributed by atoms with Crippen LogP contribution in [-0.4, -0.2) is 58.3 Å². The summed E-state index contributed by atoms with van der Waals surface area (Å²) in [6, 6.07) is 6.95. The molecule has 0 saturated carbocycles. The molecule has 1 spiro atoms. The SMILES string of the molecule is COc1cccc(F)c1-c1nccc(C(=O)Nc2cc(F)c3c(cnn3C)c2N2CCC3(CCNC3=O)C2)n1. The average Bonchev–Trinajstić information content (AvgIpc) is 3.63. The number of carbonyl (C=O) groups is 2. The molecule has 2 aromatic carbocycles. The van der Waals surface area contributed by atoms with Gasteiger partial charge < -0.3 is 20.3 Å².